The second-order valence-electron chi connectivity index (χ2n) is 3.74. The predicted octanol–water partition coefficient (Wildman–Crippen LogP) is 2.58. The average Bonchev–Trinajstić information content (AvgIpc) is 2.25. The summed E-state index contributed by atoms with van der Waals surface area (Å²) in [7, 11) is 0. The topological polar surface area (TPSA) is 37.8 Å². The normalized spacial score (nSPS) is 15.7. The Morgan fingerprint density at radius 1 is 0.947 bits per heavy atom. The van der Waals surface area contributed by atoms with E-state index in [1.807, 2.05) is 0 Å². The SMILES string of the molecule is Cl.FC(F)(F)c1nc2c(c(C(F)(F)F)n1)CCNC2. The largest absolute Gasteiger partial charge is 0.451 e. The van der Waals surface area contributed by atoms with Crippen LogP contribution in [0.5, 0.6) is 0 Å². The van der Waals surface area contributed by atoms with Gasteiger partial charge in [-0.15, -0.1) is 12.4 Å². The van der Waals surface area contributed by atoms with E-state index in [4.69, 9.17) is 0 Å². The standard InChI is InChI=1S/C9H7F6N3.ClH/c10-8(11,12)6-4-1-2-16-3-5(4)17-7(18-6)9(13,14)15;/h16H,1-3H2;1H. The first-order valence-electron chi connectivity index (χ1n) is 4.94. The number of aromatic nitrogens is 2. The zero-order valence-corrected chi connectivity index (χ0v) is 10.0. The van der Waals surface area contributed by atoms with Crippen molar-refractivity contribution < 1.29 is 26.3 Å². The molecule has 0 saturated carbocycles. The van der Waals surface area contributed by atoms with Crippen LogP contribution in [-0.2, 0) is 25.3 Å². The molecule has 1 N–H and O–H groups in total. The van der Waals surface area contributed by atoms with Gasteiger partial charge in [-0.1, -0.05) is 0 Å². The van der Waals surface area contributed by atoms with Gasteiger partial charge in [0.1, 0.15) is 0 Å². The predicted molar refractivity (Wildman–Crippen MR) is 54.7 cm³/mol. The van der Waals surface area contributed by atoms with E-state index in [0.29, 0.717) is 0 Å². The molecule has 0 spiro atoms. The maximum atomic E-state index is 12.7. The number of halogens is 7. The molecule has 3 nitrogen and oxygen atoms in total. The van der Waals surface area contributed by atoms with Crippen LogP contribution in [0.2, 0.25) is 0 Å². The lowest BCUT2D eigenvalue weighted by Crippen LogP contribution is -2.30. The second kappa shape index (κ2) is 5.12. The van der Waals surface area contributed by atoms with Crippen molar-refractivity contribution >= 4 is 12.4 Å². The highest BCUT2D eigenvalue weighted by atomic mass is 35.5. The van der Waals surface area contributed by atoms with Crippen molar-refractivity contribution in [3.8, 4) is 0 Å². The highest BCUT2D eigenvalue weighted by molar-refractivity contribution is 5.85. The van der Waals surface area contributed by atoms with E-state index < -0.39 is 23.9 Å². The molecule has 0 aromatic carbocycles. The lowest BCUT2D eigenvalue weighted by molar-refractivity contribution is -0.153. The highest BCUT2D eigenvalue weighted by Gasteiger charge is 2.42. The molecule has 1 aromatic rings. The first-order valence-corrected chi connectivity index (χ1v) is 4.94. The van der Waals surface area contributed by atoms with Crippen molar-refractivity contribution in [2.24, 2.45) is 0 Å². The maximum absolute atomic E-state index is 12.7. The smallest absolute Gasteiger partial charge is 0.311 e. The van der Waals surface area contributed by atoms with Crippen molar-refractivity contribution in [2.75, 3.05) is 6.54 Å². The van der Waals surface area contributed by atoms with Crippen LogP contribution >= 0.6 is 12.4 Å². The van der Waals surface area contributed by atoms with Crippen LogP contribution in [0, 0.1) is 0 Å². The third-order valence-electron chi connectivity index (χ3n) is 2.46. The molecule has 0 radical (unpaired) electrons. The summed E-state index contributed by atoms with van der Waals surface area (Å²) in [5, 5.41) is 2.67. The summed E-state index contributed by atoms with van der Waals surface area (Å²) in [6, 6.07) is 0. The van der Waals surface area contributed by atoms with Crippen LogP contribution in [0.25, 0.3) is 0 Å². The lowest BCUT2D eigenvalue weighted by atomic mass is 10.0. The van der Waals surface area contributed by atoms with E-state index in [1.54, 1.807) is 0 Å². The summed E-state index contributed by atoms with van der Waals surface area (Å²) in [5.74, 6) is -1.75. The molecule has 0 amide bonds. The van der Waals surface area contributed by atoms with Gasteiger partial charge in [-0.05, 0) is 13.0 Å². The highest BCUT2D eigenvalue weighted by Crippen LogP contribution is 2.35. The number of fused-ring (bicyclic) bond motifs is 1. The Balaban J connectivity index is 0.00000180. The minimum absolute atomic E-state index is 0. The number of rotatable bonds is 0. The molecule has 108 valence electrons. The number of alkyl halides is 6. The van der Waals surface area contributed by atoms with E-state index in [1.165, 1.54) is 0 Å². The Hall–Kier alpha value is -1.09. The Morgan fingerprint density at radius 3 is 2.11 bits per heavy atom. The van der Waals surface area contributed by atoms with E-state index >= 15 is 0 Å². The van der Waals surface area contributed by atoms with Crippen LogP contribution in [0.3, 0.4) is 0 Å². The van der Waals surface area contributed by atoms with Crippen molar-refractivity contribution in [1.82, 2.24) is 15.3 Å². The van der Waals surface area contributed by atoms with E-state index in [-0.39, 0.29) is 43.2 Å². The molecular formula is C9H8ClF6N3. The van der Waals surface area contributed by atoms with Crippen LogP contribution in [0.1, 0.15) is 22.8 Å². The van der Waals surface area contributed by atoms with Crippen molar-refractivity contribution in [1.29, 1.82) is 0 Å². The first-order chi connectivity index (χ1) is 8.19. The quantitative estimate of drug-likeness (QED) is 0.749. The Bertz CT molecular complexity index is 470. The fraction of sp³-hybridized carbons (Fsp3) is 0.556. The maximum Gasteiger partial charge on any atom is 0.451 e. The summed E-state index contributed by atoms with van der Waals surface area (Å²) >= 11 is 0. The van der Waals surface area contributed by atoms with Crippen LogP contribution in [0.4, 0.5) is 26.3 Å². The molecule has 10 heteroatoms. The number of nitrogens with zero attached hydrogens (tertiary/aromatic N) is 2. The molecule has 1 aliphatic heterocycles. The third kappa shape index (κ3) is 3.27. The zero-order chi connectivity index (χ0) is 13.6. The van der Waals surface area contributed by atoms with E-state index in [2.05, 4.69) is 15.3 Å². The fourth-order valence-corrected chi connectivity index (χ4v) is 1.72. The summed E-state index contributed by atoms with van der Waals surface area (Å²) in [4.78, 5) is 5.80. The molecule has 1 aromatic heterocycles. The van der Waals surface area contributed by atoms with Gasteiger partial charge >= 0.3 is 12.4 Å². The fourth-order valence-electron chi connectivity index (χ4n) is 1.72. The molecule has 0 bridgehead atoms. The number of hydrogen-bond donors (Lipinski definition) is 1. The van der Waals surface area contributed by atoms with Gasteiger partial charge in [0.15, 0.2) is 5.69 Å². The zero-order valence-electron chi connectivity index (χ0n) is 9.19. The molecular weight excluding hydrogens is 300 g/mol. The van der Waals surface area contributed by atoms with Gasteiger partial charge in [0.25, 0.3) is 0 Å². The van der Waals surface area contributed by atoms with Gasteiger partial charge in [-0.3, -0.25) is 0 Å². The lowest BCUT2D eigenvalue weighted by Gasteiger charge is -2.21. The van der Waals surface area contributed by atoms with Crippen molar-refractivity contribution in [2.45, 2.75) is 25.3 Å². The van der Waals surface area contributed by atoms with Gasteiger partial charge < -0.3 is 5.32 Å². The number of hydrogen-bond acceptors (Lipinski definition) is 3. The van der Waals surface area contributed by atoms with Crippen molar-refractivity contribution in [3.05, 3.63) is 22.8 Å². The molecule has 0 atom stereocenters. The Kier molecular flexibility index (Phi) is 4.30. The summed E-state index contributed by atoms with van der Waals surface area (Å²) in [6.45, 7) is 0.134. The van der Waals surface area contributed by atoms with Gasteiger partial charge in [0.2, 0.25) is 5.82 Å². The third-order valence-corrected chi connectivity index (χ3v) is 2.46. The summed E-state index contributed by atoms with van der Waals surface area (Å²) in [6.07, 6.45) is -9.95. The van der Waals surface area contributed by atoms with Crippen LogP contribution < -0.4 is 5.32 Å². The molecule has 0 unspecified atom stereocenters. The molecule has 0 fully saturated rings. The van der Waals surface area contributed by atoms with E-state index in [0.717, 1.165) is 0 Å². The monoisotopic (exact) mass is 307 g/mol. The number of nitrogens with one attached hydrogen (secondary N) is 1. The Labute approximate surface area is 109 Å². The molecule has 0 aliphatic carbocycles. The molecule has 1 aliphatic rings. The molecule has 2 rings (SSSR count). The average molecular weight is 308 g/mol. The van der Waals surface area contributed by atoms with Crippen LogP contribution in [-0.4, -0.2) is 16.5 Å². The van der Waals surface area contributed by atoms with Gasteiger partial charge in [0.05, 0.1) is 5.69 Å². The summed E-state index contributed by atoms with van der Waals surface area (Å²) < 4.78 is 75.2. The second-order valence-corrected chi connectivity index (χ2v) is 3.74. The minimum Gasteiger partial charge on any atom is -0.311 e. The Morgan fingerprint density at radius 2 is 1.58 bits per heavy atom. The van der Waals surface area contributed by atoms with Gasteiger partial charge in [-0.2, -0.15) is 26.3 Å². The first kappa shape index (κ1) is 16.0. The van der Waals surface area contributed by atoms with E-state index in [9.17, 15) is 26.3 Å². The van der Waals surface area contributed by atoms with Gasteiger partial charge in [0, 0.05) is 12.1 Å². The van der Waals surface area contributed by atoms with Gasteiger partial charge in [-0.25, -0.2) is 9.97 Å². The van der Waals surface area contributed by atoms with Crippen LogP contribution in [0.15, 0.2) is 0 Å². The summed E-state index contributed by atoms with van der Waals surface area (Å²) in [5.41, 5.74) is -1.98. The van der Waals surface area contributed by atoms with Crippen molar-refractivity contribution in [3.63, 3.8) is 0 Å². The molecule has 19 heavy (non-hydrogen) atoms. The molecule has 2 heterocycles. The molecule has 0 saturated heterocycles. The minimum atomic E-state index is -4.99.